The fourth-order valence-corrected chi connectivity index (χ4v) is 3.64. The molecule has 6 nitrogen and oxygen atoms in total. The van der Waals surface area contributed by atoms with Crippen molar-refractivity contribution in [3.63, 3.8) is 0 Å². The minimum atomic E-state index is -1.92. The van der Waals surface area contributed by atoms with E-state index in [2.05, 4.69) is 10.4 Å². The topological polar surface area (TPSA) is 71.0 Å². The minimum absolute atomic E-state index is 0.214. The van der Waals surface area contributed by atoms with Crippen molar-refractivity contribution in [2.45, 2.75) is 16.9 Å². The maximum Gasteiger partial charge on any atom is 0.280 e. The van der Waals surface area contributed by atoms with Crippen LogP contribution in [0.2, 0.25) is 0 Å². The first-order valence-corrected chi connectivity index (χ1v) is 11.7. The van der Waals surface area contributed by atoms with Crippen LogP contribution in [0.1, 0.15) is 22.8 Å². The Kier molecular flexibility index (Phi) is 7.45. The average molecular weight is 529 g/mol. The molecular weight excluding hydrogens is 509 g/mol. The summed E-state index contributed by atoms with van der Waals surface area (Å²) in [4.78, 5) is 25.4. The molecule has 9 heteroatoms. The van der Waals surface area contributed by atoms with Crippen molar-refractivity contribution in [3.05, 3.63) is 102 Å². The van der Waals surface area contributed by atoms with Gasteiger partial charge in [0, 0.05) is 5.56 Å². The number of carbonyl (C=O) groups is 2. The van der Waals surface area contributed by atoms with E-state index in [9.17, 15) is 9.59 Å². The lowest BCUT2D eigenvalue weighted by atomic mass is 10.1. The van der Waals surface area contributed by atoms with E-state index in [4.69, 9.17) is 39.5 Å². The second-order valence-corrected chi connectivity index (χ2v) is 10.0. The number of anilines is 1. The molecule has 1 heterocycles. The molecule has 3 aromatic rings. The van der Waals surface area contributed by atoms with Gasteiger partial charge in [-0.15, -0.1) is 0 Å². The van der Waals surface area contributed by atoms with Crippen LogP contribution in [0.3, 0.4) is 0 Å². The molecule has 1 unspecified atom stereocenters. The molecule has 2 amide bonds. The summed E-state index contributed by atoms with van der Waals surface area (Å²) in [5.41, 5.74) is 2.94. The lowest BCUT2D eigenvalue weighted by Gasteiger charge is -2.26. The Morgan fingerprint density at radius 3 is 2.17 bits per heavy atom. The lowest BCUT2D eigenvalue weighted by Crippen LogP contribution is -2.47. The first-order chi connectivity index (χ1) is 16.7. The van der Waals surface area contributed by atoms with Crippen molar-refractivity contribution >= 4 is 64.1 Å². The molecule has 1 N–H and O–H groups in total. The van der Waals surface area contributed by atoms with Crippen molar-refractivity contribution in [2.75, 3.05) is 5.01 Å². The first kappa shape index (κ1) is 24.8. The van der Waals surface area contributed by atoms with Gasteiger partial charge in [0.15, 0.2) is 0 Å². The maximum absolute atomic E-state index is 12.9. The number of nitrogens with one attached hydrogen (secondary N) is 1. The standard InChI is InChI=1S/C26H20Cl3N3O3/c1-17-22(24(34)32(31-17)20-10-6-3-7-11-20)16-18-12-14-21(15-13-18)35-25(26(27,28)29)30-23(33)19-8-4-2-5-9-19/h2-16,25H,1H3,(H,30,33)/b22-16+. The van der Waals surface area contributed by atoms with Crippen molar-refractivity contribution in [2.24, 2.45) is 5.10 Å². The normalized spacial score (nSPS) is 15.7. The first-order valence-electron chi connectivity index (χ1n) is 10.6. The Hall–Kier alpha value is -3.32. The van der Waals surface area contributed by atoms with E-state index in [1.54, 1.807) is 67.6 Å². The second-order valence-electron chi connectivity index (χ2n) is 7.64. The van der Waals surface area contributed by atoms with E-state index >= 15 is 0 Å². The highest BCUT2D eigenvalue weighted by atomic mass is 35.6. The Bertz CT molecular complexity index is 1270. The van der Waals surface area contributed by atoms with E-state index in [-0.39, 0.29) is 5.91 Å². The summed E-state index contributed by atoms with van der Waals surface area (Å²) in [7, 11) is 0. The maximum atomic E-state index is 12.9. The van der Waals surface area contributed by atoms with Gasteiger partial charge in [-0.25, -0.2) is 0 Å². The van der Waals surface area contributed by atoms with Crippen LogP contribution in [0.15, 0.2) is 95.6 Å². The zero-order chi connectivity index (χ0) is 25.0. The number of halogens is 3. The summed E-state index contributed by atoms with van der Waals surface area (Å²) in [6, 6.07) is 24.6. The molecule has 0 aromatic heterocycles. The predicted octanol–water partition coefficient (Wildman–Crippen LogP) is 6.00. The van der Waals surface area contributed by atoms with Crippen LogP contribution < -0.4 is 15.1 Å². The largest absolute Gasteiger partial charge is 0.466 e. The quantitative estimate of drug-likeness (QED) is 0.242. The van der Waals surface area contributed by atoms with Crippen molar-refractivity contribution in [1.82, 2.24) is 5.32 Å². The number of benzene rings is 3. The van der Waals surface area contributed by atoms with E-state index in [0.29, 0.717) is 28.3 Å². The third-order valence-electron chi connectivity index (χ3n) is 5.10. The summed E-state index contributed by atoms with van der Waals surface area (Å²) < 4.78 is 3.85. The van der Waals surface area contributed by atoms with Crippen LogP contribution in [0, 0.1) is 0 Å². The molecular formula is C26H20Cl3N3O3. The van der Waals surface area contributed by atoms with Gasteiger partial charge in [-0.1, -0.05) is 83.3 Å². The molecule has 1 aliphatic heterocycles. The molecule has 0 fully saturated rings. The van der Waals surface area contributed by atoms with E-state index in [0.717, 1.165) is 5.56 Å². The Morgan fingerprint density at radius 1 is 0.971 bits per heavy atom. The summed E-state index contributed by atoms with van der Waals surface area (Å²) in [6.07, 6.45) is 0.506. The molecule has 3 aromatic carbocycles. The fraction of sp³-hybridized carbons (Fsp3) is 0.115. The highest BCUT2D eigenvalue weighted by Gasteiger charge is 2.36. The van der Waals surface area contributed by atoms with Crippen LogP contribution in [0.25, 0.3) is 6.08 Å². The Balaban J connectivity index is 1.48. The van der Waals surface area contributed by atoms with Crippen LogP contribution in [-0.2, 0) is 4.79 Å². The third kappa shape index (κ3) is 6.03. The SMILES string of the molecule is CC1=NN(c2ccccc2)C(=O)/C1=C/c1ccc(OC(NC(=O)c2ccccc2)C(Cl)(Cl)Cl)cc1. The van der Waals surface area contributed by atoms with Gasteiger partial charge in [-0.2, -0.15) is 10.1 Å². The summed E-state index contributed by atoms with van der Waals surface area (Å²) >= 11 is 18.1. The number of nitrogens with zero attached hydrogens (tertiary/aromatic N) is 2. The Morgan fingerprint density at radius 2 is 1.57 bits per heavy atom. The lowest BCUT2D eigenvalue weighted by molar-refractivity contribution is -0.114. The molecule has 0 spiro atoms. The number of ether oxygens (including phenoxy) is 1. The molecule has 0 aliphatic carbocycles. The van der Waals surface area contributed by atoms with E-state index < -0.39 is 15.9 Å². The van der Waals surface area contributed by atoms with Gasteiger partial charge >= 0.3 is 0 Å². The molecule has 178 valence electrons. The molecule has 1 aliphatic rings. The Labute approximate surface area is 217 Å². The van der Waals surface area contributed by atoms with Gasteiger partial charge < -0.3 is 10.1 Å². The monoisotopic (exact) mass is 527 g/mol. The number of rotatable bonds is 6. The van der Waals surface area contributed by atoms with Crippen LogP contribution in [0.5, 0.6) is 5.75 Å². The highest BCUT2D eigenvalue weighted by Crippen LogP contribution is 2.32. The zero-order valence-corrected chi connectivity index (χ0v) is 20.8. The number of hydrogen-bond acceptors (Lipinski definition) is 4. The zero-order valence-electron chi connectivity index (χ0n) is 18.5. The van der Waals surface area contributed by atoms with Gasteiger partial charge in [-0.3, -0.25) is 9.59 Å². The van der Waals surface area contributed by atoms with E-state index in [1.807, 2.05) is 30.3 Å². The van der Waals surface area contributed by atoms with Crippen LogP contribution in [-0.4, -0.2) is 27.5 Å². The minimum Gasteiger partial charge on any atom is -0.466 e. The fourth-order valence-electron chi connectivity index (χ4n) is 3.34. The smallest absolute Gasteiger partial charge is 0.280 e. The van der Waals surface area contributed by atoms with Gasteiger partial charge in [0.1, 0.15) is 5.75 Å². The number of para-hydroxylation sites is 1. The second kappa shape index (κ2) is 10.5. The third-order valence-corrected chi connectivity index (χ3v) is 5.70. The number of carbonyl (C=O) groups excluding carboxylic acids is 2. The summed E-state index contributed by atoms with van der Waals surface area (Å²) in [5, 5.41) is 8.34. The van der Waals surface area contributed by atoms with Crippen LogP contribution >= 0.6 is 34.8 Å². The molecule has 35 heavy (non-hydrogen) atoms. The van der Waals surface area contributed by atoms with Gasteiger partial charge in [0.05, 0.1) is 17.0 Å². The molecule has 0 radical (unpaired) electrons. The number of alkyl halides is 3. The van der Waals surface area contributed by atoms with Crippen LogP contribution in [0.4, 0.5) is 5.69 Å². The van der Waals surface area contributed by atoms with Crippen molar-refractivity contribution in [3.8, 4) is 5.75 Å². The number of hydrazone groups is 1. The van der Waals surface area contributed by atoms with Gasteiger partial charge in [-0.05, 0) is 55.0 Å². The average Bonchev–Trinajstić information content (AvgIpc) is 3.13. The van der Waals surface area contributed by atoms with E-state index in [1.165, 1.54) is 5.01 Å². The van der Waals surface area contributed by atoms with Gasteiger partial charge in [0.2, 0.25) is 10.0 Å². The number of hydrogen-bond donors (Lipinski definition) is 1. The molecule has 0 bridgehead atoms. The van der Waals surface area contributed by atoms with Gasteiger partial charge in [0.25, 0.3) is 11.8 Å². The molecule has 4 rings (SSSR count). The predicted molar refractivity (Wildman–Crippen MR) is 140 cm³/mol. The molecule has 0 saturated heterocycles. The highest BCUT2D eigenvalue weighted by molar-refractivity contribution is 6.68. The number of amides is 2. The summed E-state index contributed by atoms with van der Waals surface area (Å²) in [6.45, 7) is 1.78. The van der Waals surface area contributed by atoms with Crippen molar-refractivity contribution < 1.29 is 14.3 Å². The summed E-state index contributed by atoms with van der Waals surface area (Å²) in [5.74, 6) is -0.291. The molecule has 1 atom stereocenters. The van der Waals surface area contributed by atoms with Crippen molar-refractivity contribution in [1.29, 1.82) is 0 Å². The molecule has 0 saturated carbocycles.